The Balaban J connectivity index is 1.44. The summed E-state index contributed by atoms with van der Waals surface area (Å²) < 4.78 is 12.4. The number of rotatable bonds is 13. The molecule has 0 atom stereocenters. The molecule has 2 amide bonds. The van der Waals surface area contributed by atoms with Gasteiger partial charge in [0.15, 0.2) is 0 Å². The largest absolute Gasteiger partial charge is 0.375 e. The maximum absolute atomic E-state index is 12.1. The number of amides is 2. The summed E-state index contributed by atoms with van der Waals surface area (Å²) in [5, 5.41) is 0.582. The van der Waals surface area contributed by atoms with Crippen molar-refractivity contribution in [2.45, 2.75) is 104 Å². The molecule has 2 aliphatic heterocycles. The predicted molar refractivity (Wildman–Crippen MR) is 146 cm³/mol. The van der Waals surface area contributed by atoms with Crippen LogP contribution in [0.1, 0.15) is 92.6 Å². The summed E-state index contributed by atoms with van der Waals surface area (Å²) in [6, 6.07) is 8.60. The monoisotopic (exact) mass is 528 g/mol. The van der Waals surface area contributed by atoms with Crippen LogP contribution >= 0.6 is 0 Å². The number of hydroxylamine groups is 2. The lowest BCUT2D eigenvalue weighted by molar-refractivity contribution is -0.198. The van der Waals surface area contributed by atoms with Crippen LogP contribution in [0.15, 0.2) is 36.0 Å². The van der Waals surface area contributed by atoms with Crippen molar-refractivity contribution in [2.75, 3.05) is 24.7 Å². The van der Waals surface area contributed by atoms with E-state index >= 15 is 0 Å². The van der Waals surface area contributed by atoms with Gasteiger partial charge < -0.3 is 19.2 Å². The zero-order chi connectivity index (χ0) is 28.1. The highest BCUT2D eigenvalue weighted by molar-refractivity contribution is 6.01. The Kier molecular flexibility index (Phi) is 9.42. The number of fused-ring (bicyclic) bond motifs is 1. The van der Waals surface area contributed by atoms with E-state index in [9.17, 15) is 14.4 Å². The lowest BCUT2D eigenvalue weighted by atomic mass is 9.83. The van der Waals surface area contributed by atoms with Crippen molar-refractivity contribution in [3.8, 4) is 0 Å². The van der Waals surface area contributed by atoms with Gasteiger partial charge >= 0.3 is 5.97 Å². The number of carbonyl (C=O) groups excluding carboxylic acids is 3. The van der Waals surface area contributed by atoms with E-state index in [0.29, 0.717) is 31.1 Å². The van der Waals surface area contributed by atoms with Crippen LogP contribution in [0.25, 0.3) is 0 Å². The molecule has 8 heteroatoms. The van der Waals surface area contributed by atoms with Gasteiger partial charge in [0, 0.05) is 36.2 Å². The highest BCUT2D eigenvalue weighted by atomic mass is 16.7. The van der Waals surface area contributed by atoms with E-state index in [-0.39, 0.29) is 30.3 Å². The standard InChI is InChI=1S/C30H44N2O6/c1-8-11-24-30(6,7)22-12-9-10-13-23(22)31(24)19-21-37-29(4,5)18-20-36-28(2,3)17-16-27(35)38-32-25(33)14-15-26(32)34/h9-13H,8,14-21H2,1-7H3/b24-11+. The molecule has 1 saturated heterocycles. The van der Waals surface area contributed by atoms with Crippen LogP contribution in [-0.2, 0) is 34.1 Å². The fourth-order valence-electron chi connectivity index (χ4n) is 4.98. The molecule has 8 nitrogen and oxygen atoms in total. The van der Waals surface area contributed by atoms with Gasteiger partial charge in [-0.2, -0.15) is 0 Å². The van der Waals surface area contributed by atoms with Crippen LogP contribution in [0.3, 0.4) is 0 Å². The van der Waals surface area contributed by atoms with Gasteiger partial charge in [0.25, 0.3) is 11.8 Å². The lowest BCUT2D eigenvalue weighted by Gasteiger charge is -2.31. The topological polar surface area (TPSA) is 85.4 Å². The second kappa shape index (κ2) is 12.0. The van der Waals surface area contributed by atoms with Gasteiger partial charge in [-0.1, -0.05) is 45.0 Å². The molecule has 0 aromatic heterocycles. The zero-order valence-corrected chi connectivity index (χ0v) is 24.1. The second-order valence-corrected chi connectivity index (χ2v) is 11.8. The van der Waals surface area contributed by atoms with Crippen molar-refractivity contribution >= 4 is 23.5 Å². The summed E-state index contributed by atoms with van der Waals surface area (Å²) in [5.74, 6) is -1.56. The maximum Gasteiger partial charge on any atom is 0.333 e. The summed E-state index contributed by atoms with van der Waals surface area (Å²) in [4.78, 5) is 42.7. The smallest absolute Gasteiger partial charge is 0.333 e. The van der Waals surface area contributed by atoms with Gasteiger partial charge in [0.1, 0.15) is 0 Å². The highest BCUT2D eigenvalue weighted by Gasteiger charge is 2.39. The maximum atomic E-state index is 12.1. The Morgan fingerprint density at radius 2 is 1.58 bits per heavy atom. The minimum Gasteiger partial charge on any atom is -0.375 e. The summed E-state index contributed by atoms with van der Waals surface area (Å²) in [5.41, 5.74) is 2.93. The average molecular weight is 529 g/mol. The summed E-state index contributed by atoms with van der Waals surface area (Å²) >= 11 is 0. The van der Waals surface area contributed by atoms with Crippen LogP contribution in [0.4, 0.5) is 5.69 Å². The molecule has 38 heavy (non-hydrogen) atoms. The van der Waals surface area contributed by atoms with E-state index < -0.39 is 23.4 Å². The van der Waals surface area contributed by atoms with Gasteiger partial charge in [-0.15, -0.1) is 5.06 Å². The number of benzene rings is 1. The van der Waals surface area contributed by atoms with E-state index in [2.05, 4.69) is 69.9 Å². The molecule has 0 radical (unpaired) electrons. The van der Waals surface area contributed by atoms with Crippen LogP contribution in [-0.4, -0.2) is 53.8 Å². The molecular weight excluding hydrogens is 484 g/mol. The molecule has 0 saturated carbocycles. The van der Waals surface area contributed by atoms with Crippen LogP contribution in [0, 0.1) is 0 Å². The molecule has 1 aromatic carbocycles. The first-order chi connectivity index (χ1) is 17.8. The number of nitrogens with zero attached hydrogens (tertiary/aromatic N) is 2. The number of imide groups is 1. The van der Waals surface area contributed by atoms with Crippen molar-refractivity contribution in [3.05, 3.63) is 41.6 Å². The molecule has 3 rings (SSSR count). The molecule has 210 valence electrons. The van der Waals surface area contributed by atoms with E-state index in [1.807, 2.05) is 13.8 Å². The van der Waals surface area contributed by atoms with Gasteiger partial charge in [0.05, 0.1) is 30.8 Å². The number of carbonyl (C=O) groups is 3. The van der Waals surface area contributed by atoms with Crippen molar-refractivity contribution in [1.29, 1.82) is 0 Å². The second-order valence-electron chi connectivity index (χ2n) is 11.8. The number of anilines is 1. The molecule has 0 spiro atoms. The van der Waals surface area contributed by atoms with Crippen molar-refractivity contribution in [2.24, 2.45) is 0 Å². The normalized spacial score (nSPS) is 18.4. The molecule has 0 bridgehead atoms. The quantitative estimate of drug-likeness (QED) is 0.315. The van der Waals surface area contributed by atoms with E-state index in [1.54, 1.807) is 0 Å². The van der Waals surface area contributed by atoms with Gasteiger partial charge in [-0.25, -0.2) is 4.79 Å². The zero-order valence-electron chi connectivity index (χ0n) is 24.1. The fourth-order valence-corrected chi connectivity index (χ4v) is 4.98. The molecule has 0 N–H and O–H groups in total. The number of para-hydroxylation sites is 1. The number of allylic oxidation sites excluding steroid dienone is 2. The lowest BCUT2D eigenvalue weighted by Crippen LogP contribution is -2.35. The van der Waals surface area contributed by atoms with Crippen molar-refractivity contribution < 1.29 is 28.7 Å². The molecule has 1 aromatic rings. The van der Waals surface area contributed by atoms with E-state index in [4.69, 9.17) is 14.3 Å². The number of hydrogen-bond acceptors (Lipinski definition) is 7. The first kappa shape index (κ1) is 29.8. The minimum atomic E-state index is -0.614. The first-order valence-corrected chi connectivity index (χ1v) is 13.7. The van der Waals surface area contributed by atoms with Gasteiger partial charge in [-0.05, 0) is 58.6 Å². The van der Waals surface area contributed by atoms with Crippen molar-refractivity contribution in [1.82, 2.24) is 5.06 Å². The third kappa shape index (κ3) is 7.23. The third-order valence-electron chi connectivity index (χ3n) is 7.33. The van der Waals surface area contributed by atoms with Gasteiger partial charge in [-0.3, -0.25) is 9.59 Å². The summed E-state index contributed by atoms with van der Waals surface area (Å²) in [6.07, 6.45) is 4.60. The minimum absolute atomic E-state index is 0.0342. The summed E-state index contributed by atoms with van der Waals surface area (Å²) in [7, 11) is 0. The molecule has 2 heterocycles. The number of ether oxygens (including phenoxy) is 2. The molecular formula is C30H44N2O6. The highest BCUT2D eigenvalue weighted by Crippen LogP contribution is 2.47. The third-order valence-corrected chi connectivity index (χ3v) is 7.33. The Labute approximate surface area is 227 Å². The fraction of sp³-hybridized carbons (Fsp3) is 0.633. The molecule has 0 unspecified atom stereocenters. The molecule has 1 fully saturated rings. The number of hydrogen-bond donors (Lipinski definition) is 0. The van der Waals surface area contributed by atoms with Crippen molar-refractivity contribution in [3.63, 3.8) is 0 Å². The average Bonchev–Trinajstić information content (AvgIpc) is 3.26. The van der Waals surface area contributed by atoms with E-state index in [0.717, 1.165) is 13.0 Å². The summed E-state index contributed by atoms with van der Waals surface area (Å²) in [6.45, 7) is 16.5. The Hall–Kier alpha value is -2.71. The first-order valence-electron chi connectivity index (χ1n) is 13.7. The predicted octanol–water partition coefficient (Wildman–Crippen LogP) is 5.45. The Bertz CT molecular complexity index is 1040. The Morgan fingerprint density at radius 1 is 0.974 bits per heavy atom. The Morgan fingerprint density at radius 3 is 2.24 bits per heavy atom. The SMILES string of the molecule is CC/C=C1/N(CCOC(C)(C)CCOC(C)(C)CCC(=O)ON2C(=O)CCC2=O)c2ccccc2C1(C)C. The van der Waals surface area contributed by atoms with Crippen LogP contribution < -0.4 is 4.90 Å². The molecule has 2 aliphatic rings. The van der Waals surface area contributed by atoms with Crippen LogP contribution in [0.5, 0.6) is 0 Å². The van der Waals surface area contributed by atoms with Crippen LogP contribution in [0.2, 0.25) is 0 Å². The van der Waals surface area contributed by atoms with Gasteiger partial charge in [0.2, 0.25) is 0 Å². The molecule has 0 aliphatic carbocycles. The van der Waals surface area contributed by atoms with E-state index in [1.165, 1.54) is 16.9 Å².